The van der Waals surface area contributed by atoms with Crippen LogP contribution in [0.5, 0.6) is 0 Å². The lowest BCUT2D eigenvalue weighted by molar-refractivity contribution is 0.0552. The number of hydrogen-bond acceptors (Lipinski definition) is 4. The quantitative estimate of drug-likeness (QED) is 0.572. The number of nitriles is 1. The fraction of sp³-hybridized carbons (Fsp3) is 0.667. The largest absolute Gasteiger partial charge is 0.381 e. The Morgan fingerprint density at radius 1 is 1.46 bits per heavy atom. The van der Waals surface area contributed by atoms with Gasteiger partial charge in [0.1, 0.15) is 11.8 Å². The van der Waals surface area contributed by atoms with Crippen LogP contribution in [0.4, 0.5) is 0 Å². The molecule has 0 radical (unpaired) electrons. The summed E-state index contributed by atoms with van der Waals surface area (Å²) in [5.41, 5.74) is 0.716. The second kappa shape index (κ2) is 4.73. The minimum atomic E-state index is 0.715. The number of morpholine rings is 1. The maximum atomic E-state index is 8.90. The van der Waals surface area contributed by atoms with Gasteiger partial charge in [-0.1, -0.05) is 0 Å². The van der Waals surface area contributed by atoms with E-state index in [1.165, 1.54) is 0 Å². The van der Waals surface area contributed by atoms with Gasteiger partial charge in [0.05, 0.1) is 13.2 Å². The van der Waals surface area contributed by atoms with Gasteiger partial charge >= 0.3 is 0 Å². The lowest BCUT2D eigenvalue weighted by atomic mass is 10.3. The van der Waals surface area contributed by atoms with E-state index in [2.05, 4.69) is 6.07 Å². The monoisotopic (exact) mass is 181 g/mol. The minimum absolute atomic E-state index is 0.715. The second-order valence-corrected chi connectivity index (χ2v) is 3.19. The summed E-state index contributed by atoms with van der Waals surface area (Å²) >= 11 is 0. The molecule has 0 N–H and O–H groups in total. The minimum Gasteiger partial charge on any atom is -0.381 e. The van der Waals surface area contributed by atoms with Crippen molar-refractivity contribution in [3.05, 3.63) is 11.9 Å². The first-order valence-corrected chi connectivity index (χ1v) is 4.35. The highest BCUT2D eigenvalue weighted by Crippen LogP contribution is 2.06. The third-order valence-corrected chi connectivity index (χ3v) is 1.85. The standard InChI is InChI=1S/C9H15N3O/c1-11(2)8-9(7-10)12-3-5-13-6-4-12/h8H,3-6H2,1-2H3/b9-8+. The number of rotatable bonds is 2. The van der Waals surface area contributed by atoms with Gasteiger partial charge < -0.3 is 14.5 Å². The summed E-state index contributed by atoms with van der Waals surface area (Å²) in [5, 5.41) is 8.90. The van der Waals surface area contributed by atoms with Crippen LogP contribution in [0.1, 0.15) is 0 Å². The smallest absolute Gasteiger partial charge is 0.132 e. The molecule has 0 unspecified atom stereocenters. The van der Waals surface area contributed by atoms with Crippen molar-refractivity contribution in [2.45, 2.75) is 0 Å². The van der Waals surface area contributed by atoms with E-state index in [0.29, 0.717) is 18.9 Å². The molecule has 0 atom stereocenters. The Labute approximate surface area is 79.0 Å². The van der Waals surface area contributed by atoms with Crippen molar-refractivity contribution in [2.24, 2.45) is 0 Å². The summed E-state index contributed by atoms with van der Waals surface area (Å²) < 4.78 is 5.21. The van der Waals surface area contributed by atoms with Gasteiger partial charge in [-0.25, -0.2) is 0 Å². The van der Waals surface area contributed by atoms with E-state index in [1.54, 1.807) is 0 Å². The molecular formula is C9H15N3O. The van der Waals surface area contributed by atoms with E-state index in [0.717, 1.165) is 13.1 Å². The third-order valence-electron chi connectivity index (χ3n) is 1.85. The Bertz CT molecular complexity index is 224. The van der Waals surface area contributed by atoms with Crippen molar-refractivity contribution in [1.82, 2.24) is 9.80 Å². The molecule has 0 amide bonds. The van der Waals surface area contributed by atoms with Crippen LogP contribution in [0.25, 0.3) is 0 Å². The maximum Gasteiger partial charge on any atom is 0.132 e. The van der Waals surface area contributed by atoms with E-state index < -0.39 is 0 Å². The van der Waals surface area contributed by atoms with Crippen LogP contribution in [0.2, 0.25) is 0 Å². The number of allylic oxidation sites excluding steroid dienone is 1. The van der Waals surface area contributed by atoms with Crippen molar-refractivity contribution in [3.8, 4) is 6.07 Å². The first kappa shape index (κ1) is 9.87. The fourth-order valence-corrected chi connectivity index (χ4v) is 1.23. The fourth-order valence-electron chi connectivity index (χ4n) is 1.23. The van der Waals surface area contributed by atoms with Crippen LogP contribution in [-0.4, -0.2) is 50.2 Å². The second-order valence-electron chi connectivity index (χ2n) is 3.19. The van der Waals surface area contributed by atoms with Gasteiger partial charge in [0, 0.05) is 33.4 Å². The molecule has 72 valence electrons. The predicted octanol–water partition coefficient (Wildman–Crippen LogP) is 0.245. The van der Waals surface area contributed by atoms with Gasteiger partial charge in [0.15, 0.2) is 0 Å². The van der Waals surface area contributed by atoms with Crippen molar-refractivity contribution in [1.29, 1.82) is 5.26 Å². The Morgan fingerprint density at radius 3 is 2.54 bits per heavy atom. The van der Waals surface area contributed by atoms with Crippen molar-refractivity contribution >= 4 is 0 Å². The average molecular weight is 181 g/mol. The first-order valence-electron chi connectivity index (χ1n) is 4.35. The van der Waals surface area contributed by atoms with Crippen molar-refractivity contribution < 1.29 is 4.74 Å². The number of hydrogen-bond donors (Lipinski definition) is 0. The zero-order valence-electron chi connectivity index (χ0n) is 8.16. The SMILES string of the molecule is CN(C)/C=C(\C#N)N1CCOCC1. The molecule has 0 aromatic carbocycles. The molecule has 13 heavy (non-hydrogen) atoms. The molecule has 1 rings (SSSR count). The van der Waals surface area contributed by atoms with Crippen molar-refractivity contribution in [2.75, 3.05) is 40.4 Å². The highest BCUT2D eigenvalue weighted by atomic mass is 16.5. The molecule has 0 aromatic rings. The van der Waals surface area contributed by atoms with Crippen LogP contribution in [0.15, 0.2) is 11.9 Å². The first-order chi connectivity index (χ1) is 6.24. The lowest BCUT2D eigenvalue weighted by Gasteiger charge is -2.28. The summed E-state index contributed by atoms with van der Waals surface area (Å²) in [6.07, 6.45) is 1.84. The van der Waals surface area contributed by atoms with Gasteiger partial charge in [0.25, 0.3) is 0 Å². The summed E-state index contributed by atoms with van der Waals surface area (Å²) in [6.45, 7) is 3.05. The number of nitrogens with zero attached hydrogens (tertiary/aromatic N) is 3. The zero-order valence-corrected chi connectivity index (χ0v) is 8.16. The third kappa shape index (κ3) is 2.96. The van der Waals surface area contributed by atoms with Crippen LogP contribution in [0, 0.1) is 11.3 Å². The number of ether oxygens (including phenoxy) is 1. The van der Waals surface area contributed by atoms with E-state index in [4.69, 9.17) is 10.00 Å². The molecule has 4 nitrogen and oxygen atoms in total. The maximum absolute atomic E-state index is 8.90. The van der Waals surface area contributed by atoms with Gasteiger partial charge in [-0.15, -0.1) is 0 Å². The molecule has 4 heteroatoms. The average Bonchev–Trinajstić information content (AvgIpc) is 2.15. The van der Waals surface area contributed by atoms with Gasteiger partial charge in [-0.05, 0) is 0 Å². The van der Waals surface area contributed by atoms with Gasteiger partial charge in [-0.3, -0.25) is 0 Å². The molecule has 0 spiro atoms. The Morgan fingerprint density at radius 2 is 2.08 bits per heavy atom. The molecule has 1 saturated heterocycles. The normalized spacial score (nSPS) is 18.2. The Kier molecular flexibility index (Phi) is 3.59. The topological polar surface area (TPSA) is 39.5 Å². The molecule has 0 bridgehead atoms. The highest BCUT2D eigenvalue weighted by Gasteiger charge is 2.12. The van der Waals surface area contributed by atoms with Crippen LogP contribution >= 0.6 is 0 Å². The van der Waals surface area contributed by atoms with Crippen LogP contribution in [0.3, 0.4) is 0 Å². The molecular weight excluding hydrogens is 166 g/mol. The zero-order chi connectivity index (χ0) is 9.68. The summed E-state index contributed by atoms with van der Waals surface area (Å²) in [5.74, 6) is 0. The van der Waals surface area contributed by atoms with E-state index in [1.807, 2.05) is 30.1 Å². The van der Waals surface area contributed by atoms with Gasteiger partial charge in [0.2, 0.25) is 0 Å². The molecule has 1 aliphatic rings. The lowest BCUT2D eigenvalue weighted by Crippen LogP contribution is -2.35. The molecule has 0 aromatic heterocycles. The summed E-state index contributed by atoms with van der Waals surface area (Å²) in [7, 11) is 3.83. The van der Waals surface area contributed by atoms with Crippen LogP contribution in [-0.2, 0) is 4.74 Å². The van der Waals surface area contributed by atoms with E-state index in [9.17, 15) is 0 Å². The molecule has 0 aliphatic carbocycles. The Balaban J connectivity index is 2.60. The highest BCUT2D eigenvalue weighted by molar-refractivity contribution is 5.18. The van der Waals surface area contributed by atoms with Crippen LogP contribution < -0.4 is 0 Å². The molecule has 1 aliphatic heterocycles. The molecule has 1 fully saturated rings. The van der Waals surface area contributed by atoms with Crippen molar-refractivity contribution in [3.63, 3.8) is 0 Å². The predicted molar refractivity (Wildman–Crippen MR) is 49.8 cm³/mol. The van der Waals surface area contributed by atoms with E-state index >= 15 is 0 Å². The summed E-state index contributed by atoms with van der Waals surface area (Å²) in [6, 6.07) is 2.19. The Hall–Kier alpha value is -1.21. The molecule has 0 saturated carbocycles. The van der Waals surface area contributed by atoms with Gasteiger partial charge in [-0.2, -0.15) is 5.26 Å². The molecule has 1 heterocycles. The summed E-state index contributed by atoms with van der Waals surface area (Å²) in [4.78, 5) is 3.93. The van der Waals surface area contributed by atoms with E-state index in [-0.39, 0.29) is 0 Å².